The molecule has 5 aromatic rings. The fourth-order valence-corrected chi connectivity index (χ4v) is 13.4. The second kappa shape index (κ2) is 20.5. The predicted molar refractivity (Wildman–Crippen MR) is 235 cm³/mol. The average molecular weight is 939 g/mol. The van der Waals surface area contributed by atoms with Crippen molar-refractivity contribution < 1.29 is 9.47 Å². The monoisotopic (exact) mass is 941 g/mol. The Labute approximate surface area is 334 Å². The number of ether oxygens (including phenoxy) is 2. The molecule has 2 aromatic carbocycles. The Morgan fingerprint density at radius 3 is 1.28 bits per heavy atom. The van der Waals surface area contributed by atoms with Gasteiger partial charge in [-0.2, -0.15) is 0 Å². The number of pyridine rings is 3. The van der Waals surface area contributed by atoms with Crippen LogP contribution in [0.3, 0.4) is 0 Å². The molecule has 7 heteroatoms. The van der Waals surface area contributed by atoms with Crippen molar-refractivity contribution in [2.24, 2.45) is 0 Å². The van der Waals surface area contributed by atoms with E-state index in [1.54, 1.807) is 0 Å². The number of hydrogen-bond donors (Lipinski definition) is 0. The van der Waals surface area contributed by atoms with Gasteiger partial charge in [0, 0.05) is 0 Å². The van der Waals surface area contributed by atoms with Crippen molar-refractivity contribution in [1.82, 2.24) is 15.0 Å². The average Bonchev–Trinajstić information content (AvgIpc) is 3.17. The Bertz CT molecular complexity index is 1780. The van der Waals surface area contributed by atoms with Gasteiger partial charge < -0.3 is 0 Å². The maximum atomic E-state index is 6.12. The van der Waals surface area contributed by atoms with E-state index in [2.05, 4.69) is 104 Å². The predicted octanol–water partition coefficient (Wildman–Crippen LogP) is 11.8. The van der Waals surface area contributed by atoms with Gasteiger partial charge in [0.1, 0.15) is 0 Å². The fraction of sp³-hybridized carbons (Fsp3) is 0.426. The first-order valence-electron chi connectivity index (χ1n) is 20.3. The molecule has 0 spiro atoms. The van der Waals surface area contributed by atoms with Crippen LogP contribution in [0.1, 0.15) is 76.3 Å². The Kier molecular flexibility index (Phi) is 16.2. The van der Waals surface area contributed by atoms with Crippen LogP contribution in [-0.4, -0.2) is 64.9 Å². The standard InChI is InChI=1S/C41H45N3O2.6CH3.2Sn/c1-3-5-7-9-24-45-30-32-14-11-16-34(26-32)36-20-22-38(42-28-36)40-18-13-19-41(44-40)39-23-21-37(29-43-39)35-17-12-15-33(27-35)31-46-25-10-8-6-4-2;;;;;;;;/h13-23,26-29H,3-10,24-25,30-31H2,1-2H3;6*1H3;;. The molecule has 0 aliphatic heterocycles. The van der Waals surface area contributed by atoms with Gasteiger partial charge in [0.2, 0.25) is 0 Å². The van der Waals surface area contributed by atoms with Crippen molar-refractivity contribution in [3.8, 4) is 45.0 Å². The summed E-state index contributed by atoms with van der Waals surface area (Å²) in [5.74, 6) is 0. The molecule has 5 nitrogen and oxygen atoms in total. The first kappa shape index (κ1) is 42.5. The minimum atomic E-state index is -2.34. The summed E-state index contributed by atoms with van der Waals surface area (Å²) in [4.78, 5) is 29.7. The van der Waals surface area contributed by atoms with E-state index in [4.69, 9.17) is 24.4 Å². The van der Waals surface area contributed by atoms with Gasteiger partial charge in [-0.25, -0.2) is 0 Å². The van der Waals surface area contributed by atoms with Crippen molar-refractivity contribution in [1.29, 1.82) is 0 Å². The molecule has 0 saturated carbocycles. The molecule has 54 heavy (non-hydrogen) atoms. The number of benzene rings is 2. The van der Waals surface area contributed by atoms with Crippen molar-refractivity contribution in [2.75, 3.05) is 13.2 Å². The summed E-state index contributed by atoms with van der Waals surface area (Å²) in [7, 11) is 0. The van der Waals surface area contributed by atoms with Crippen LogP contribution >= 0.6 is 0 Å². The summed E-state index contributed by atoms with van der Waals surface area (Å²) in [5.41, 5.74) is 10.6. The van der Waals surface area contributed by atoms with Gasteiger partial charge in [-0.3, -0.25) is 0 Å². The number of hydrogen-bond acceptors (Lipinski definition) is 5. The molecule has 0 unspecified atom stereocenters. The normalized spacial score (nSPS) is 12.0. The van der Waals surface area contributed by atoms with Crippen molar-refractivity contribution >= 4 is 43.9 Å². The van der Waals surface area contributed by atoms with Crippen LogP contribution in [-0.2, 0) is 22.7 Å². The molecule has 0 fully saturated rings. The van der Waals surface area contributed by atoms with E-state index in [1.807, 2.05) is 30.6 Å². The van der Waals surface area contributed by atoms with Gasteiger partial charge in [-0.15, -0.1) is 0 Å². The van der Waals surface area contributed by atoms with Crippen LogP contribution in [0.5, 0.6) is 0 Å². The molecule has 0 saturated heterocycles. The molecule has 0 bridgehead atoms. The molecular formula is C47H63N3O2Sn2. The Morgan fingerprint density at radius 2 is 0.907 bits per heavy atom. The molecule has 5 rings (SSSR count). The molecule has 0 aliphatic rings. The van der Waals surface area contributed by atoms with Gasteiger partial charge in [0.15, 0.2) is 0 Å². The fourth-order valence-electron chi connectivity index (χ4n) is 6.54. The summed E-state index contributed by atoms with van der Waals surface area (Å²) in [6.07, 6.45) is 13.8. The van der Waals surface area contributed by atoms with Crippen LogP contribution in [0.25, 0.3) is 45.0 Å². The van der Waals surface area contributed by atoms with Crippen molar-refractivity contribution in [3.05, 3.63) is 102 Å². The molecule has 0 atom stereocenters. The zero-order valence-corrected chi connectivity index (χ0v) is 40.0. The van der Waals surface area contributed by atoms with Crippen LogP contribution in [0.15, 0.2) is 91.3 Å². The molecule has 3 heterocycles. The molecule has 0 amide bonds. The number of rotatable bonds is 20. The molecule has 0 aliphatic carbocycles. The van der Waals surface area contributed by atoms with Gasteiger partial charge in [0.25, 0.3) is 0 Å². The zero-order valence-electron chi connectivity index (χ0n) is 34.3. The van der Waals surface area contributed by atoms with E-state index in [9.17, 15) is 0 Å². The van der Waals surface area contributed by atoms with Crippen LogP contribution in [0, 0.1) is 0 Å². The molecule has 0 radical (unpaired) electrons. The molecule has 286 valence electrons. The Hall–Kier alpha value is -2.59. The number of nitrogens with zero attached hydrogens (tertiary/aromatic N) is 3. The quantitative estimate of drug-likeness (QED) is 0.0575. The third-order valence-electron chi connectivity index (χ3n) is 10.0. The Morgan fingerprint density at radius 1 is 0.463 bits per heavy atom. The van der Waals surface area contributed by atoms with Crippen LogP contribution < -0.4 is 7.16 Å². The molecule has 0 N–H and O–H groups in total. The van der Waals surface area contributed by atoms with E-state index in [0.717, 1.165) is 60.0 Å². The minimum absolute atomic E-state index is 0.660. The van der Waals surface area contributed by atoms with Gasteiger partial charge >= 0.3 is 337 Å². The summed E-state index contributed by atoms with van der Waals surface area (Å²) < 4.78 is 15.3. The van der Waals surface area contributed by atoms with Gasteiger partial charge in [-0.1, -0.05) is 0 Å². The third kappa shape index (κ3) is 12.7. The van der Waals surface area contributed by atoms with E-state index in [1.165, 1.54) is 67.9 Å². The SMILES string of the molecule is CCCCCCOCc1cc(-c2ccc(-c3cccc(-c4ccc(-c5cc(COCCCCCC)c[c]([Sn]([CH3])([CH3])[CH3])c5)cn4)n3)nc2)c[c]([Sn]([CH3])([CH3])[CH3])c1. The van der Waals surface area contributed by atoms with E-state index >= 15 is 0 Å². The van der Waals surface area contributed by atoms with Crippen molar-refractivity contribution in [3.63, 3.8) is 0 Å². The molecule has 3 aromatic heterocycles. The maximum absolute atomic E-state index is 6.12. The van der Waals surface area contributed by atoms with E-state index in [0.29, 0.717) is 13.2 Å². The van der Waals surface area contributed by atoms with E-state index < -0.39 is 36.8 Å². The summed E-state index contributed by atoms with van der Waals surface area (Å²) in [6.45, 7) is 7.46. The van der Waals surface area contributed by atoms with Gasteiger partial charge in [0.05, 0.1) is 0 Å². The Balaban J connectivity index is 1.31. The summed E-state index contributed by atoms with van der Waals surface area (Å²) in [6, 6.07) is 28.8. The first-order valence-corrected chi connectivity index (χ1v) is 40.3. The van der Waals surface area contributed by atoms with Crippen LogP contribution in [0.4, 0.5) is 0 Å². The van der Waals surface area contributed by atoms with E-state index in [-0.39, 0.29) is 0 Å². The van der Waals surface area contributed by atoms with Crippen molar-refractivity contribution in [2.45, 2.75) is 108 Å². The summed E-state index contributed by atoms with van der Waals surface area (Å²) in [5, 5.41) is 0. The third-order valence-corrected chi connectivity index (χ3v) is 21.5. The van der Waals surface area contributed by atoms with Crippen LogP contribution in [0.2, 0.25) is 29.6 Å². The number of aromatic nitrogens is 3. The zero-order chi connectivity index (χ0) is 38.6. The van der Waals surface area contributed by atoms with Gasteiger partial charge in [-0.05, 0) is 0 Å². The second-order valence-corrected chi connectivity index (χ2v) is 45.8. The molecular weight excluding hydrogens is 876 g/mol. The topological polar surface area (TPSA) is 57.1 Å². The number of unbranched alkanes of at least 4 members (excludes halogenated alkanes) is 6. The first-order chi connectivity index (χ1) is 25.9. The summed E-state index contributed by atoms with van der Waals surface area (Å²) >= 11 is -4.68. The second-order valence-electron chi connectivity index (χ2n) is 16.8.